The Bertz CT molecular complexity index is 1150. The van der Waals surface area contributed by atoms with Crippen molar-refractivity contribution >= 4 is 18.1 Å². The Labute approximate surface area is 177 Å². The number of rotatable bonds is 5. The third kappa shape index (κ3) is 5.05. The number of nitrogens with zero attached hydrogens (tertiary/aromatic N) is 1. The van der Waals surface area contributed by atoms with Crippen molar-refractivity contribution in [2.75, 3.05) is 6.61 Å². The molecule has 0 aromatic heterocycles. The predicted octanol–water partition coefficient (Wildman–Crippen LogP) is 3.34. The minimum Gasteiger partial charge on any atom is -0.485 e. The number of hydrazone groups is 1. The van der Waals surface area contributed by atoms with E-state index in [-0.39, 0.29) is 17.9 Å². The van der Waals surface area contributed by atoms with Crippen molar-refractivity contribution in [3.8, 4) is 17.2 Å². The van der Waals surface area contributed by atoms with Crippen molar-refractivity contribution in [1.82, 2.24) is 5.43 Å². The van der Waals surface area contributed by atoms with Gasteiger partial charge in [-0.05, 0) is 48.0 Å². The lowest BCUT2D eigenvalue weighted by atomic mass is 10.2. The summed E-state index contributed by atoms with van der Waals surface area (Å²) in [7, 11) is 0. The van der Waals surface area contributed by atoms with E-state index < -0.39 is 23.8 Å². The molecule has 0 spiro atoms. The summed E-state index contributed by atoms with van der Waals surface area (Å²) in [5.74, 6) is -0.339. The van der Waals surface area contributed by atoms with Crippen LogP contribution in [0.3, 0.4) is 0 Å². The van der Waals surface area contributed by atoms with Gasteiger partial charge in [-0.2, -0.15) is 5.10 Å². The van der Waals surface area contributed by atoms with Gasteiger partial charge in [-0.1, -0.05) is 30.3 Å². The summed E-state index contributed by atoms with van der Waals surface area (Å²) < 4.78 is 29.7. The zero-order valence-corrected chi connectivity index (χ0v) is 16.2. The molecular formula is C23H17FN2O5. The molecule has 1 aliphatic rings. The number of benzene rings is 3. The van der Waals surface area contributed by atoms with Crippen molar-refractivity contribution in [1.29, 1.82) is 0 Å². The first kappa shape index (κ1) is 20.1. The highest BCUT2D eigenvalue weighted by Crippen LogP contribution is 2.30. The van der Waals surface area contributed by atoms with Crippen LogP contribution in [0.15, 0.2) is 77.9 Å². The fourth-order valence-electron chi connectivity index (χ4n) is 2.83. The van der Waals surface area contributed by atoms with Crippen LogP contribution < -0.4 is 19.6 Å². The summed E-state index contributed by atoms with van der Waals surface area (Å²) in [6.07, 6.45) is 0.570. The van der Waals surface area contributed by atoms with Gasteiger partial charge in [0, 0.05) is 0 Å². The lowest BCUT2D eigenvalue weighted by molar-refractivity contribution is -0.130. The molecule has 0 aliphatic carbocycles. The Morgan fingerprint density at radius 3 is 2.68 bits per heavy atom. The van der Waals surface area contributed by atoms with E-state index >= 15 is 0 Å². The zero-order valence-electron chi connectivity index (χ0n) is 16.2. The molecule has 1 N–H and O–H groups in total. The number of amides is 1. The van der Waals surface area contributed by atoms with Crippen LogP contribution in [0, 0.1) is 5.82 Å². The second-order valence-corrected chi connectivity index (χ2v) is 6.57. The van der Waals surface area contributed by atoms with Gasteiger partial charge < -0.3 is 14.2 Å². The number of hydrogen-bond donors (Lipinski definition) is 1. The quantitative estimate of drug-likeness (QED) is 0.296. The van der Waals surface area contributed by atoms with E-state index in [9.17, 15) is 14.0 Å². The highest BCUT2D eigenvalue weighted by molar-refractivity contribution is 5.91. The third-order valence-corrected chi connectivity index (χ3v) is 4.32. The van der Waals surface area contributed by atoms with E-state index in [4.69, 9.17) is 14.2 Å². The van der Waals surface area contributed by atoms with Gasteiger partial charge in [-0.25, -0.2) is 14.6 Å². The summed E-state index contributed by atoms with van der Waals surface area (Å²) in [6, 6.07) is 18.8. The Morgan fingerprint density at radius 2 is 1.84 bits per heavy atom. The van der Waals surface area contributed by atoms with Crippen LogP contribution in [0.1, 0.15) is 15.9 Å². The molecule has 1 heterocycles. The van der Waals surface area contributed by atoms with Gasteiger partial charge in [0.25, 0.3) is 5.91 Å². The second kappa shape index (κ2) is 9.08. The number of esters is 1. The molecule has 3 aromatic carbocycles. The second-order valence-electron chi connectivity index (χ2n) is 6.57. The molecule has 156 valence electrons. The van der Waals surface area contributed by atoms with E-state index in [1.807, 2.05) is 6.07 Å². The van der Waals surface area contributed by atoms with Crippen molar-refractivity contribution in [3.05, 3.63) is 89.7 Å². The van der Waals surface area contributed by atoms with E-state index in [0.29, 0.717) is 17.1 Å². The number of carbonyl (C=O) groups excluding carboxylic acids is 2. The SMILES string of the molecule is O=C(Oc1cccc(/C=N\NC(=O)[C@@H]2COc3ccccc3O2)c1)c1cccc(F)c1. The van der Waals surface area contributed by atoms with Crippen molar-refractivity contribution < 1.29 is 28.2 Å². The molecule has 7 nitrogen and oxygen atoms in total. The van der Waals surface area contributed by atoms with Crippen LogP contribution in [-0.4, -0.2) is 30.8 Å². The van der Waals surface area contributed by atoms with E-state index in [0.717, 1.165) is 6.07 Å². The number of carbonyl (C=O) groups is 2. The number of halogens is 1. The monoisotopic (exact) mass is 420 g/mol. The maximum Gasteiger partial charge on any atom is 0.343 e. The first-order valence-corrected chi connectivity index (χ1v) is 9.38. The molecule has 0 bridgehead atoms. The number of ether oxygens (including phenoxy) is 3. The van der Waals surface area contributed by atoms with Crippen LogP contribution in [0.5, 0.6) is 17.2 Å². The third-order valence-electron chi connectivity index (χ3n) is 4.32. The fourth-order valence-corrected chi connectivity index (χ4v) is 2.83. The molecule has 0 saturated carbocycles. The van der Waals surface area contributed by atoms with Gasteiger partial charge in [0.1, 0.15) is 18.2 Å². The molecule has 3 aromatic rings. The zero-order chi connectivity index (χ0) is 21.6. The summed E-state index contributed by atoms with van der Waals surface area (Å²) >= 11 is 0. The summed E-state index contributed by atoms with van der Waals surface area (Å²) in [5, 5.41) is 3.91. The molecule has 0 fully saturated rings. The molecule has 31 heavy (non-hydrogen) atoms. The molecule has 1 atom stereocenters. The molecular weight excluding hydrogens is 403 g/mol. The molecule has 1 aliphatic heterocycles. The topological polar surface area (TPSA) is 86.2 Å². The highest BCUT2D eigenvalue weighted by atomic mass is 19.1. The van der Waals surface area contributed by atoms with Gasteiger partial charge in [-0.15, -0.1) is 0 Å². The van der Waals surface area contributed by atoms with Gasteiger partial charge in [0.05, 0.1) is 11.8 Å². The maximum atomic E-state index is 13.3. The first-order chi connectivity index (χ1) is 15.1. The average molecular weight is 420 g/mol. The minimum absolute atomic E-state index is 0.0733. The summed E-state index contributed by atoms with van der Waals surface area (Å²) in [5.41, 5.74) is 3.08. The molecule has 0 radical (unpaired) electrons. The Hall–Kier alpha value is -4.20. The van der Waals surface area contributed by atoms with Crippen LogP contribution in [0.4, 0.5) is 4.39 Å². The minimum atomic E-state index is -0.828. The van der Waals surface area contributed by atoms with Crippen LogP contribution in [0.25, 0.3) is 0 Å². The van der Waals surface area contributed by atoms with E-state index in [1.165, 1.54) is 24.4 Å². The smallest absolute Gasteiger partial charge is 0.343 e. The molecule has 0 saturated heterocycles. The van der Waals surface area contributed by atoms with Crippen LogP contribution in [-0.2, 0) is 4.79 Å². The number of fused-ring (bicyclic) bond motifs is 1. The van der Waals surface area contributed by atoms with Crippen molar-refractivity contribution in [2.45, 2.75) is 6.10 Å². The molecule has 1 amide bonds. The standard InChI is InChI=1S/C23H17FN2O5/c24-17-7-4-6-16(12-17)23(28)30-18-8-3-5-15(11-18)13-25-26-22(27)21-14-29-19-9-1-2-10-20(19)31-21/h1-13,21H,14H2,(H,26,27)/b25-13-/t21-/m0/s1. The fraction of sp³-hybridized carbons (Fsp3) is 0.0870. The molecule has 8 heteroatoms. The van der Waals surface area contributed by atoms with Crippen LogP contribution >= 0.6 is 0 Å². The molecule has 0 unspecified atom stereocenters. The number of para-hydroxylation sites is 2. The normalized spacial score (nSPS) is 14.8. The molecule has 4 rings (SSSR count). The van der Waals surface area contributed by atoms with E-state index in [2.05, 4.69) is 10.5 Å². The maximum absolute atomic E-state index is 13.3. The van der Waals surface area contributed by atoms with Gasteiger partial charge in [0.15, 0.2) is 11.5 Å². The Balaban J connectivity index is 1.34. The van der Waals surface area contributed by atoms with Gasteiger partial charge in [0.2, 0.25) is 6.10 Å². The Morgan fingerprint density at radius 1 is 1.03 bits per heavy atom. The first-order valence-electron chi connectivity index (χ1n) is 9.38. The van der Waals surface area contributed by atoms with Crippen molar-refractivity contribution in [3.63, 3.8) is 0 Å². The number of hydrogen-bond acceptors (Lipinski definition) is 6. The lowest BCUT2D eigenvalue weighted by Gasteiger charge is -2.24. The summed E-state index contributed by atoms with van der Waals surface area (Å²) in [6.45, 7) is 0.0733. The van der Waals surface area contributed by atoms with Crippen molar-refractivity contribution in [2.24, 2.45) is 5.10 Å². The Kier molecular flexibility index (Phi) is 5.89. The largest absolute Gasteiger partial charge is 0.485 e. The average Bonchev–Trinajstić information content (AvgIpc) is 2.79. The van der Waals surface area contributed by atoms with Gasteiger partial charge >= 0.3 is 5.97 Å². The summed E-state index contributed by atoms with van der Waals surface area (Å²) in [4.78, 5) is 24.4. The highest BCUT2D eigenvalue weighted by Gasteiger charge is 2.26. The predicted molar refractivity (Wildman–Crippen MR) is 110 cm³/mol. The number of nitrogens with one attached hydrogen (secondary N) is 1. The van der Waals surface area contributed by atoms with Crippen LogP contribution in [0.2, 0.25) is 0 Å². The lowest BCUT2D eigenvalue weighted by Crippen LogP contribution is -2.42. The van der Waals surface area contributed by atoms with E-state index in [1.54, 1.807) is 42.5 Å². The van der Waals surface area contributed by atoms with Gasteiger partial charge in [-0.3, -0.25) is 4.79 Å².